The Morgan fingerprint density at radius 3 is 2.42 bits per heavy atom. The van der Waals surface area contributed by atoms with Crippen molar-refractivity contribution in [2.24, 2.45) is 5.73 Å². The first kappa shape index (κ1) is 13.9. The Hall–Kier alpha value is -1.52. The summed E-state index contributed by atoms with van der Waals surface area (Å²) in [6.07, 6.45) is 2.00. The molecule has 2 aromatic carbocycles. The molecule has 2 aromatic rings. The molecule has 0 aromatic heterocycles. The highest BCUT2D eigenvalue weighted by Gasteiger charge is 2.13. The van der Waals surface area contributed by atoms with Crippen LogP contribution in [-0.4, -0.2) is 6.26 Å². The molecule has 1 atom stereocenters. The summed E-state index contributed by atoms with van der Waals surface area (Å²) in [6, 6.07) is 12.0. The maximum Gasteiger partial charge on any atom is 0.167 e. The summed E-state index contributed by atoms with van der Waals surface area (Å²) in [4.78, 5) is 1.13. The summed E-state index contributed by atoms with van der Waals surface area (Å²) >= 11 is 1.65. The first-order valence-corrected chi connectivity index (χ1v) is 7.20. The van der Waals surface area contributed by atoms with Crippen LogP contribution in [0, 0.1) is 5.82 Å². The number of hydrogen-bond acceptors (Lipinski definition) is 3. The minimum Gasteiger partial charge on any atom is -0.454 e. The van der Waals surface area contributed by atoms with Gasteiger partial charge in [-0.1, -0.05) is 12.1 Å². The Morgan fingerprint density at radius 1 is 1.16 bits per heavy atom. The van der Waals surface area contributed by atoms with E-state index in [0.29, 0.717) is 11.3 Å². The summed E-state index contributed by atoms with van der Waals surface area (Å²) < 4.78 is 19.5. The molecule has 2 nitrogen and oxygen atoms in total. The molecule has 0 aliphatic rings. The van der Waals surface area contributed by atoms with Gasteiger partial charge in [0.2, 0.25) is 0 Å². The average Bonchev–Trinajstić information content (AvgIpc) is 2.41. The lowest BCUT2D eigenvalue weighted by Crippen LogP contribution is -2.07. The molecule has 19 heavy (non-hydrogen) atoms. The van der Waals surface area contributed by atoms with Gasteiger partial charge in [-0.25, -0.2) is 4.39 Å². The van der Waals surface area contributed by atoms with Gasteiger partial charge in [-0.05, 0) is 43.5 Å². The number of ether oxygens (including phenoxy) is 1. The smallest absolute Gasteiger partial charge is 0.167 e. The quantitative estimate of drug-likeness (QED) is 0.843. The number of hydrogen-bond donors (Lipinski definition) is 1. The second kappa shape index (κ2) is 6.08. The Balaban J connectivity index is 2.31. The van der Waals surface area contributed by atoms with Crippen molar-refractivity contribution in [1.82, 2.24) is 0 Å². The molecule has 0 saturated heterocycles. The maximum atomic E-state index is 13.9. The zero-order valence-corrected chi connectivity index (χ0v) is 11.7. The third-order valence-electron chi connectivity index (χ3n) is 2.77. The first-order chi connectivity index (χ1) is 9.11. The van der Waals surface area contributed by atoms with Crippen molar-refractivity contribution in [2.45, 2.75) is 17.9 Å². The predicted octanol–water partition coefficient (Wildman–Crippen LogP) is 4.36. The van der Waals surface area contributed by atoms with Crippen LogP contribution in [0.3, 0.4) is 0 Å². The molecule has 0 radical (unpaired) electrons. The molecule has 0 spiro atoms. The fourth-order valence-corrected chi connectivity index (χ4v) is 2.16. The van der Waals surface area contributed by atoms with E-state index in [1.807, 2.05) is 30.5 Å². The predicted molar refractivity (Wildman–Crippen MR) is 77.3 cm³/mol. The van der Waals surface area contributed by atoms with E-state index in [9.17, 15) is 4.39 Å². The third-order valence-corrected chi connectivity index (χ3v) is 3.51. The molecule has 0 amide bonds. The topological polar surface area (TPSA) is 35.2 Å². The van der Waals surface area contributed by atoms with E-state index in [2.05, 4.69) is 0 Å². The monoisotopic (exact) mass is 277 g/mol. The van der Waals surface area contributed by atoms with E-state index < -0.39 is 5.82 Å². The minimum atomic E-state index is -0.399. The van der Waals surface area contributed by atoms with E-state index in [0.717, 1.165) is 4.90 Å². The summed E-state index contributed by atoms with van der Waals surface area (Å²) in [5.74, 6) is 0.406. The number of rotatable bonds is 4. The van der Waals surface area contributed by atoms with Crippen LogP contribution >= 0.6 is 11.8 Å². The van der Waals surface area contributed by atoms with Gasteiger partial charge in [-0.2, -0.15) is 0 Å². The van der Waals surface area contributed by atoms with Gasteiger partial charge in [-0.3, -0.25) is 0 Å². The van der Waals surface area contributed by atoms with E-state index in [-0.39, 0.29) is 11.8 Å². The van der Waals surface area contributed by atoms with Crippen LogP contribution in [0.15, 0.2) is 47.4 Å². The fraction of sp³-hybridized carbons (Fsp3) is 0.200. The third kappa shape index (κ3) is 3.28. The Morgan fingerprint density at radius 2 is 1.84 bits per heavy atom. The zero-order chi connectivity index (χ0) is 13.8. The molecule has 100 valence electrons. The zero-order valence-electron chi connectivity index (χ0n) is 10.9. The van der Waals surface area contributed by atoms with Crippen molar-refractivity contribution >= 4 is 11.8 Å². The largest absolute Gasteiger partial charge is 0.454 e. The number of thioether (sulfide) groups is 1. The van der Waals surface area contributed by atoms with Gasteiger partial charge < -0.3 is 10.5 Å². The maximum absolute atomic E-state index is 13.9. The lowest BCUT2D eigenvalue weighted by molar-refractivity contribution is 0.432. The Kier molecular flexibility index (Phi) is 4.45. The molecule has 0 bridgehead atoms. The Labute approximate surface area is 116 Å². The van der Waals surface area contributed by atoms with Gasteiger partial charge in [0, 0.05) is 16.5 Å². The molecule has 0 aliphatic heterocycles. The van der Waals surface area contributed by atoms with Gasteiger partial charge in [-0.15, -0.1) is 11.8 Å². The molecular weight excluding hydrogens is 261 g/mol. The van der Waals surface area contributed by atoms with Crippen LogP contribution in [0.2, 0.25) is 0 Å². The molecule has 4 heteroatoms. The van der Waals surface area contributed by atoms with E-state index >= 15 is 0 Å². The van der Waals surface area contributed by atoms with Gasteiger partial charge in [0.1, 0.15) is 5.75 Å². The number of nitrogens with two attached hydrogens (primary N) is 1. The summed E-state index contributed by atoms with van der Waals surface area (Å²) in [7, 11) is 0. The van der Waals surface area contributed by atoms with Crippen LogP contribution in [0.4, 0.5) is 4.39 Å². The normalized spacial score (nSPS) is 12.2. The van der Waals surface area contributed by atoms with Crippen LogP contribution < -0.4 is 10.5 Å². The standard InChI is InChI=1S/C15H16FNOS/c1-10(17)13-4-3-5-14(16)15(13)18-11-6-8-12(19-2)9-7-11/h3-10H,17H2,1-2H3/t10-/m0/s1. The number of para-hydroxylation sites is 1. The highest BCUT2D eigenvalue weighted by molar-refractivity contribution is 7.98. The highest BCUT2D eigenvalue weighted by atomic mass is 32.2. The molecule has 0 saturated carbocycles. The van der Waals surface area contributed by atoms with Crippen LogP contribution in [-0.2, 0) is 0 Å². The van der Waals surface area contributed by atoms with Crippen molar-refractivity contribution in [3.63, 3.8) is 0 Å². The van der Waals surface area contributed by atoms with E-state index in [1.54, 1.807) is 30.8 Å². The molecule has 0 aliphatic carbocycles. The highest BCUT2D eigenvalue weighted by Crippen LogP contribution is 2.32. The number of benzene rings is 2. The minimum absolute atomic E-state index is 0.203. The van der Waals surface area contributed by atoms with Gasteiger partial charge in [0.15, 0.2) is 11.6 Å². The van der Waals surface area contributed by atoms with Crippen molar-refractivity contribution in [1.29, 1.82) is 0 Å². The summed E-state index contributed by atoms with van der Waals surface area (Å²) in [6.45, 7) is 1.80. The van der Waals surface area contributed by atoms with Crippen molar-refractivity contribution < 1.29 is 9.13 Å². The lowest BCUT2D eigenvalue weighted by atomic mass is 10.1. The molecular formula is C15H16FNOS. The first-order valence-electron chi connectivity index (χ1n) is 5.97. The summed E-state index contributed by atoms with van der Waals surface area (Å²) in [5.41, 5.74) is 6.49. The molecule has 2 rings (SSSR count). The van der Waals surface area contributed by atoms with Gasteiger partial charge >= 0.3 is 0 Å². The summed E-state index contributed by atoms with van der Waals surface area (Å²) in [5, 5.41) is 0. The second-order valence-electron chi connectivity index (χ2n) is 4.22. The van der Waals surface area contributed by atoms with Gasteiger partial charge in [0.25, 0.3) is 0 Å². The van der Waals surface area contributed by atoms with Crippen molar-refractivity contribution in [3.05, 3.63) is 53.8 Å². The van der Waals surface area contributed by atoms with Crippen molar-refractivity contribution in [2.75, 3.05) is 6.26 Å². The fourth-order valence-electron chi connectivity index (χ4n) is 1.75. The van der Waals surface area contributed by atoms with Crippen LogP contribution in [0.5, 0.6) is 11.5 Å². The molecule has 0 fully saturated rings. The molecule has 0 unspecified atom stereocenters. The molecule has 2 N–H and O–H groups in total. The SMILES string of the molecule is CSc1ccc(Oc2c(F)cccc2[C@H](C)N)cc1. The number of halogens is 1. The van der Waals surface area contributed by atoms with Crippen molar-refractivity contribution in [3.8, 4) is 11.5 Å². The Bertz CT molecular complexity index is 555. The van der Waals surface area contributed by atoms with Crippen LogP contribution in [0.1, 0.15) is 18.5 Å². The van der Waals surface area contributed by atoms with Crippen LogP contribution in [0.25, 0.3) is 0 Å². The van der Waals surface area contributed by atoms with E-state index in [1.165, 1.54) is 6.07 Å². The van der Waals surface area contributed by atoms with Gasteiger partial charge in [0.05, 0.1) is 0 Å². The van der Waals surface area contributed by atoms with E-state index in [4.69, 9.17) is 10.5 Å². The average molecular weight is 277 g/mol. The second-order valence-corrected chi connectivity index (χ2v) is 5.10. The lowest BCUT2D eigenvalue weighted by Gasteiger charge is -2.14. The molecule has 0 heterocycles.